The molecule has 0 N–H and O–H groups in total. The Morgan fingerprint density at radius 3 is 2.79 bits per heavy atom. The van der Waals surface area contributed by atoms with E-state index in [1.54, 1.807) is 29.2 Å². The summed E-state index contributed by atoms with van der Waals surface area (Å²) in [5, 5.41) is 0.738. The number of rotatable bonds is 3. The smallest absolute Gasteiger partial charge is 0.155 e. The standard InChI is InChI=1S/C15H10ClNS2/c1-2-10-7-8-13(11(16)9-10)18-15-17-12-5-3-4-6-14(12)19-15/h2-9H,1H2. The Labute approximate surface area is 124 Å². The van der Waals surface area contributed by atoms with E-state index in [0.29, 0.717) is 0 Å². The van der Waals surface area contributed by atoms with E-state index >= 15 is 0 Å². The maximum Gasteiger partial charge on any atom is 0.155 e. The Balaban J connectivity index is 1.94. The van der Waals surface area contributed by atoms with Crippen molar-refractivity contribution in [2.45, 2.75) is 9.24 Å². The summed E-state index contributed by atoms with van der Waals surface area (Å²) >= 11 is 9.55. The van der Waals surface area contributed by atoms with E-state index in [4.69, 9.17) is 11.6 Å². The zero-order valence-electron chi connectivity index (χ0n) is 9.97. The number of nitrogens with zero attached hydrogens (tertiary/aromatic N) is 1. The lowest BCUT2D eigenvalue weighted by Crippen LogP contribution is -1.77. The molecule has 1 heterocycles. The van der Waals surface area contributed by atoms with Crippen LogP contribution in [0.15, 0.2) is 58.3 Å². The molecule has 0 atom stereocenters. The van der Waals surface area contributed by atoms with Crippen LogP contribution in [-0.4, -0.2) is 4.98 Å². The summed E-state index contributed by atoms with van der Waals surface area (Å²) in [7, 11) is 0. The number of hydrogen-bond donors (Lipinski definition) is 0. The maximum atomic E-state index is 6.27. The van der Waals surface area contributed by atoms with Crippen molar-refractivity contribution >= 4 is 51.0 Å². The van der Waals surface area contributed by atoms with Gasteiger partial charge in [-0.15, -0.1) is 11.3 Å². The van der Waals surface area contributed by atoms with Crippen LogP contribution in [0.25, 0.3) is 16.3 Å². The monoisotopic (exact) mass is 303 g/mol. The molecule has 4 heteroatoms. The van der Waals surface area contributed by atoms with Gasteiger partial charge in [0.05, 0.1) is 15.2 Å². The summed E-state index contributed by atoms with van der Waals surface area (Å²) in [6.45, 7) is 3.74. The maximum absolute atomic E-state index is 6.27. The number of halogens is 1. The number of aromatic nitrogens is 1. The SMILES string of the molecule is C=Cc1ccc(Sc2nc3ccccc3s2)c(Cl)c1. The van der Waals surface area contributed by atoms with Gasteiger partial charge in [-0.2, -0.15) is 0 Å². The topological polar surface area (TPSA) is 12.9 Å². The largest absolute Gasteiger partial charge is 0.229 e. The molecule has 0 saturated carbocycles. The Hall–Kier alpha value is -1.29. The summed E-state index contributed by atoms with van der Waals surface area (Å²) in [5.41, 5.74) is 2.06. The highest BCUT2D eigenvalue weighted by Gasteiger charge is 2.08. The minimum Gasteiger partial charge on any atom is -0.229 e. The first-order chi connectivity index (χ1) is 9.26. The van der Waals surface area contributed by atoms with Gasteiger partial charge in [0.1, 0.15) is 0 Å². The van der Waals surface area contributed by atoms with Crippen LogP contribution in [0.2, 0.25) is 5.02 Å². The van der Waals surface area contributed by atoms with Crippen LogP contribution in [0.4, 0.5) is 0 Å². The average Bonchev–Trinajstić information content (AvgIpc) is 2.83. The molecule has 3 rings (SSSR count). The van der Waals surface area contributed by atoms with Crippen molar-refractivity contribution in [3.8, 4) is 0 Å². The average molecular weight is 304 g/mol. The van der Waals surface area contributed by atoms with E-state index in [1.165, 1.54) is 4.70 Å². The highest BCUT2D eigenvalue weighted by molar-refractivity contribution is 8.01. The molecule has 0 aliphatic rings. The van der Waals surface area contributed by atoms with Crippen LogP contribution in [0.5, 0.6) is 0 Å². The van der Waals surface area contributed by atoms with Crippen LogP contribution >= 0.6 is 34.7 Å². The summed E-state index contributed by atoms with van der Waals surface area (Å²) in [6, 6.07) is 14.1. The fraction of sp³-hybridized carbons (Fsp3) is 0. The predicted octanol–water partition coefficient (Wildman–Crippen LogP) is 5.74. The Morgan fingerprint density at radius 1 is 1.21 bits per heavy atom. The molecule has 1 nitrogen and oxygen atoms in total. The van der Waals surface area contributed by atoms with Gasteiger partial charge in [0.2, 0.25) is 0 Å². The minimum atomic E-state index is 0.738. The highest BCUT2D eigenvalue weighted by atomic mass is 35.5. The summed E-state index contributed by atoms with van der Waals surface area (Å²) in [5.74, 6) is 0. The number of thiazole rings is 1. The minimum absolute atomic E-state index is 0.738. The summed E-state index contributed by atoms with van der Waals surface area (Å²) < 4.78 is 2.21. The zero-order chi connectivity index (χ0) is 13.2. The van der Waals surface area contributed by atoms with Crippen molar-refractivity contribution < 1.29 is 0 Å². The molecule has 94 valence electrons. The Morgan fingerprint density at radius 2 is 2.05 bits per heavy atom. The molecule has 0 radical (unpaired) electrons. The lowest BCUT2D eigenvalue weighted by molar-refractivity contribution is 1.29. The van der Waals surface area contributed by atoms with E-state index in [2.05, 4.69) is 17.6 Å². The van der Waals surface area contributed by atoms with Gasteiger partial charge in [0.25, 0.3) is 0 Å². The molecule has 3 aromatic rings. The molecule has 0 aliphatic heterocycles. The van der Waals surface area contributed by atoms with Gasteiger partial charge in [-0.1, -0.05) is 54.2 Å². The number of fused-ring (bicyclic) bond motifs is 1. The molecule has 0 spiro atoms. The first-order valence-electron chi connectivity index (χ1n) is 5.71. The van der Waals surface area contributed by atoms with Crippen molar-refractivity contribution in [2.24, 2.45) is 0 Å². The second-order valence-electron chi connectivity index (χ2n) is 3.94. The molecule has 0 fully saturated rings. The normalized spacial score (nSPS) is 10.8. The third-order valence-electron chi connectivity index (χ3n) is 2.66. The molecule has 0 bridgehead atoms. The Bertz CT molecular complexity index is 716. The molecule has 2 aromatic carbocycles. The quantitative estimate of drug-likeness (QED) is 0.611. The molecule has 1 aromatic heterocycles. The molecule has 0 aliphatic carbocycles. The molecule has 0 amide bonds. The molecular formula is C15H10ClNS2. The van der Waals surface area contributed by atoms with Crippen LogP contribution < -0.4 is 0 Å². The molecule has 0 unspecified atom stereocenters. The van der Waals surface area contributed by atoms with E-state index in [9.17, 15) is 0 Å². The van der Waals surface area contributed by atoms with Gasteiger partial charge in [0.15, 0.2) is 4.34 Å². The predicted molar refractivity (Wildman–Crippen MR) is 85.3 cm³/mol. The second-order valence-corrected chi connectivity index (χ2v) is 6.67. The molecule has 19 heavy (non-hydrogen) atoms. The fourth-order valence-corrected chi connectivity index (χ4v) is 4.05. The number of hydrogen-bond acceptors (Lipinski definition) is 3. The Kier molecular flexibility index (Phi) is 3.60. The van der Waals surface area contributed by atoms with Crippen molar-refractivity contribution in [1.29, 1.82) is 0 Å². The second kappa shape index (κ2) is 5.37. The summed E-state index contributed by atoms with van der Waals surface area (Å²) in [4.78, 5) is 5.61. The first-order valence-corrected chi connectivity index (χ1v) is 7.73. The van der Waals surface area contributed by atoms with E-state index < -0.39 is 0 Å². The van der Waals surface area contributed by atoms with Crippen LogP contribution in [0.3, 0.4) is 0 Å². The van der Waals surface area contributed by atoms with Crippen LogP contribution in [-0.2, 0) is 0 Å². The van der Waals surface area contributed by atoms with Gasteiger partial charge >= 0.3 is 0 Å². The third-order valence-corrected chi connectivity index (χ3v) is 5.26. The third kappa shape index (κ3) is 2.68. The van der Waals surface area contributed by atoms with E-state index in [0.717, 1.165) is 25.3 Å². The number of benzene rings is 2. The van der Waals surface area contributed by atoms with Crippen molar-refractivity contribution in [1.82, 2.24) is 4.98 Å². The fourth-order valence-electron chi connectivity index (χ4n) is 1.72. The van der Waals surface area contributed by atoms with Crippen molar-refractivity contribution in [3.63, 3.8) is 0 Å². The lowest BCUT2D eigenvalue weighted by Gasteiger charge is -2.02. The summed E-state index contributed by atoms with van der Waals surface area (Å²) in [6.07, 6.45) is 1.79. The molecule has 0 saturated heterocycles. The van der Waals surface area contributed by atoms with Crippen molar-refractivity contribution in [3.05, 3.63) is 59.6 Å². The molecular weight excluding hydrogens is 294 g/mol. The van der Waals surface area contributed by atoms with E-state index in [1.807, 2.05) is 36.4 Å². The van der Waals surface area contributed by atoms with Crippen molar-refractivity contribution in [2.75, 3.05) is 0 Å². The van der Waals surface area contributed by atoms with Crippen LogP contribution in [0, 0.1) is 0 Å². The van der Waals surface area contributed by atoms with Crippen LogP contribution in [0.1, 0.15) is 5.56 Å². The van der Waals surface area contributed by atoms with Gasteiger partial charge < -0.3 is 0 Å². The lowest BCUT2D eigenvalue weighted by atomic mass is 10.2. The first kappa shape index (κ1) is 12.7. The van der Waals surface area contributed by atoms with E-state index in [-0.39, 0.29) is 0 Å². The zero-order valence-corrected chi connectivity index (χ0v) is 12.4. The van der Waals surface area contributed by atoms with Gasteiger partial charge in [-0.3, -0.25) is 0 Å². The van der Waals surface area contributed by atoms with Gasteiger partial charge in [-0.25, -0.2) is 4.98 Å². The van der Waals surface area contributed by atoms with Gasteiger partial charge in [-0.05, 0) is 29.8 Å². The van der Waals surface area contributed by atoms with Gasteiger partial charge in [0, 0.05) is 4.90 Å². The highest BCUT2D eigenvalue weighted by Crippen LogP contribution is 2.37. The number of para-hydroxylation sites is 1.